The van der Waals surface area contributed by atoms with Crippen LogP contribution in [0.1, 0.15) is 16.8 Å². The highest BCUT2D eigenvalue weighted by Gasteiger charge is 2.15. The molecule has 28 heavy (non-hydrogen) atoms. The first-order valence-corrected chi connectivity index (χ1v) is 10.3. The van der Waals surface area contributed by atoms with Crippen molar-refractivity contribution in [2.75, 3.05) is 13.2 Å². The van der Waals surface area contributed by atoms with E-state index in [0.717, 1.165) is 20.8 Å². The van der Waals surface area contributed by atoms with Gasteiger partial charge in [0.1, 0.15) is 21.9 Å². The van der Waals surface area contributed by atoms with Crippen LogP contribution in [-0.2, 0) is 0 Å². The lowest BCUT2D eigenvalue weighted by atomic mass is 10.2. The van der Waals surface area contributed by atoms with Crippen molar-refractivity contribution in [3.8, 4) is 22.2 Å². The molecule has 0 radical (unpaired) electrons. The zero-order chi connectivity index (χ0) is 19.3. The standard InChI is InChI=1S/C19H16N4O3S2/c20-16(24)12-3-1-4-13(9-12)25-6-2-7-26-17-15-14(18-21-5-8-27-18)10-28-19(15)23-11-22-17/h1,3-5,8-11H,2,6-7H2,(H2,20,24). The first-order valence-electron chi connectivity index (χ1n) is 8.50. The SMILES string of the molecule is NC(=O)c1cccc(OCCCOc2ncnc3scc(-c4nccs4)c23)c1. The molecule has 9 heteroatoms. The predicted molar refractivity (Wildman–Crippen MR) is 109 cm³/mol. The Bertz CT molecular complexity index is 1100. The molecule has 0 saturated carbocycles. The van der Waals surface area contributed by atoms with Gasteiger partial charge in [0.2, 0.25) is 11.8 Å². The van der Waals surface area contributed by atoms with Crippen molar-refractivity contribution in [1.29, 1.82) is 0 Å². The topological polar surface area (TPSA) is 100 Å². The number of nitrogens with zero attached hydrogens (tertiary/aromatic N) is 3. The molecule has 0 spiro atoms. The first kappa shape index (κ1) is 18.3. The number of thiophene rings is 1. The summed E-state index contributed by atoms with van der Waals surface area (Å²) >= 11 is 3.11. The van der Waals surface area contributed by atoms with Gasteiger partial charge in [0.05, 0.1) is 18.6 Å². The molecule has 2 N–H and O–H groups in total. The van der Waals surface area contributed by atoms with Crippen LogP contribution in [0.3, 0.4) is 0 Å². The van der Waals surface area contributed by atoms with Crippen LogP contribution in [-0.4, -0.2) is 34.1 Å². The number of carbonyl (C=O) groups is 1. The van der Waals surface area contributed by atoms with E-state index in [1.54, 1.807) is 53.1 Å². The molecule has 3 aromatic heterocycles. The molecule has 0 aliphatic heterocycles. The summed E-state index contributed by atoms with van der Waals surface area (Å²) in [6.07, 6.45) is 3.94. The van der Waals surface area contributed by atoms with Crippen LogP contribution in [0.4, 0.5) is 0 Å². The van der Waals surface area contributed by atoms with Gasteiger partial charge in [-0.05, 0) is 18.2 Å². The van der Waals surface area contributed by atoms with E-state index in [4.69, 9.17) is 15.2 Å². The van der Waals surface area contributed by atoms with Gasteiger partial charge in [-0.1, -0.05) is 6.07 Å². The molecule has 1 aromatic carbocycles. The number of thiazole rings is 1. The number of primary amides is 1. The van der Waals surface area contributed by atoms with Gasteiger partial charge in [-0.25, -0.2) is 15.0 Å². The van der Waals surface area contributed by atoms with Gasteiger partial charge in [0.25, 0.3) is 0 Å². The average molecular weight is 412 g/mol. The van der Waals surface area contributed by atoms with Gasteiger partial charge in [-0.2, -0.15) is 0 Å². The predicted octanol–water partition coefficient (Wildman–Crippen LogP) is 3.76. The van der Waals surface area contributed by atoms with E-state index in [9.17, 15) is 4.79 Å². The van der Waals surface area contributed by atoms with E-state index in [1.165, 1.54) is 6.33 Å². The maximum Gasteiger partial charge on any atom is 0.248 e. The minimum Gasteiger partial charge on any atom is -0.493 e. The maximum absolute atomic E-state index is 11.2. The highest BCUT2D eigenvalue weighted by molar-refractivity contribution is 7.18. The maximum atomic E-state index is 11.2. The van der Waals surface area contributed by atoms with Crippen molar-refractivity contribution in [1.82, 2.24) is 15.0 Å². The Hall–Kier alpha value is -3.04. The number of benzene rings is 1. The van der Waals surface area contributed by atoms with Crippen LogP contribution in [0, 0.1) is 0 Å². The molecule has 0 atom stereocenters. The van der Waals surface area contributed by atoms with Crippen LogP contribution in [0.25, 0.3) is 20.8 Å². The summed E-state index contributed by atoms with van der Waals surface area (Å²) in [5, 5.41) is 5.77. The quantitative estimate of drug-likeness (QED) is 0.442. The average Bonchev–Trinajstić information content (AvgIpc) is 3.37. The third kappa shape index (κ3) is 3.95. The molecule has 4 rings (SSSR count). The number of ether oxygens (including phenoxy) is 2. The molecule has 4 aromatic rings. The van der Waals surface area contributed by atoms with E-state index >= 15 is 0 Å². The number of hydrogen-bond acceptors (Lipinski definition) is 8. The normalized spacial score (nSPS) is 10.9. The Morgan fingerprint density at radius 2 is 2.00 bits per heavy atom. The molecule has 7 nitrogen and oxygen atoms in total. The Labute approximate surface area is 168 Å². The van der Waals surface area contributed by atoms with Crippen molar-refractivity contribution >= 4 is 38.8 Å². The van der Waals surface area contributed by atoms with Gasteiger partial charge in [-0.3, -0.25) is 4.79 Å². The highest BCUT2D eigenvalue weighted by atomic mass is 32.1. The van der Waals surface area contributed by atoms with Crippen LogP contribution in [0.5, 0.6) is 11.6 Å². The number of fused-ring (bicyclic) bond motifs is 1. The minimum absolute atomic E-state index is 0.421. The van der Waals surface area contributed by atoms with Crippen molar-refractivity contribution in [3.05, 3.63) is 53.1 Å². The number of nitrogens with two attached hydrogens (primary N) is 1. The van der Waals surface area contributed by atoms with Gasteiger partial charge < -0.3 is 15.2 Å². The molecule has 3 heterocycles. The van der Waals surface area contributed by atoms with Crippen molar-refractivity contribution < 1.29 is 14.3 Å². The molecule has 0 unspecified atom stereocenters. The molecule has 142 valence electrons. The second-order valence-electron chi connectivity index (χ2n) is 5.79. The molecule has 1 amide bonds. The van der Waals surface area contributed by atoms with Crippen molar-refractivity contribution in [2.24, 2.45) is 5.73 Å². The lowest BCUT2D eigenvalue weighted by molar-refractivity contribution is 0.0999. The van der Waals surface area contributed by atoms with Crippen molar-refractivity contribution in [2.45, 2.75) is 6.42 Å². The zero-order valence-corrected chi connectivity index (χ0v) is 16.3. The van der Waals surface area contributed by atoms with E-state index < -0.39 is 5.91 Å². The van der Waals surface area contributed by atoms with E-state index in [2.05, 4.69) is 15.0 Å². The fraction of sp³-hybridized carbons (Fsp3) is 0.158. The summed E-state index contributed by atoms with van der Waals surface area (Å²) in [6.45, 7) is 0.883. The van der Waals surface area contributed by atoms with Crippen LogP contribution < -0.4 is 15.2 Å². The Balaban J connectivity index is 1.38. The van der Waals surface area contributed by atoms with E-state index in [-0.39, 0.29) is 0 Å². The second-order valence-corrected chi connectivity index (χ2v) is 7.54. The molecular weight excluding hydrogens is 396 g/mol. The Morgan fingerprint density at radius 3 is 2.82 bits per heavy atom. The third-order valence-electron chi connectivity index (χ3n) is 3.91. The second kappa shape index (κ2) is 8.32. The first-order chi connectivity index (χ1) is 13.7. The summed E-state index contributed by atoms with van der Waals surface area (Å²) in [7, 11) is 0. The monoisotopic (exact) mass is 412 g/mol. The fourth-order valence-electron chi connectivity index (χ4n) is 2.63. The summed E-state index contributed by atoms with van der Waals surface area (Å²) in [5.41, 5.74) is 6.69. The van der Waals surface area contributed by atoms with E-state index in [1.807, 2.05) is 10.8 Å². The lowest BCUT2D eigenvalue weighted by Gasteiger charge is -2.09. The molecule has 0 aliphatic carbocycles. The number of rotatable bonds is 8. The minimum atomic E-state index is -0.478. The summed E-state index contributed by atoms with van der Waals surface area (Å²) in [6, 6.07) is 6.80. The van der Waals surface area contributed by atoms with Crippen LogP contribution in [0.15, 0.2) is 47.5 Å². The van der Waals surface area contributed by atoms with Gasteiger partial charge >= 0.3 is 0 Å². The molecule has 0 saturated heterocycles. The molecule has 0 bridgehead atoms. The van der Waals surface area contributed by atoms with Gasteiger partial charge in [0, 0.05) is 34.5 Å². The zero-order valence-electron chi connectivity index (χ0n) is 14.7. The Kier molecular flexibility index (Phi) is 5.45. The van der Waals surface area contributed by atoms with Gasteiger partial charge in [-0.15, -0.1) is 22.7 Å². The van der Waals surface area contributed by atoms with Crippen LogP contribution in [0.2, 0.25) is 0 Å². The number of amides is 1. The van der Waals surface area contributed by atoms with Crippen molar-refractivity contribution in [3.63, 3.8) is 0 Å². The fourth-order valence-corrected chi connectivity index (χ4v) is 4.24. The van der Waals surface area contributed by atoms with E-state index in [0.29, 0.717) is 36.8 Å². The Morgan fingerprint density at radius 1 is 1.11 bits per heavy atom. The summed E-state index contributed by atoms with van der Waals surface area (Å²) < 4.78 is 11.6. The molecule has 0 aliphatic rings. The third-order valence-corrected chi connectivity index (χ3v) is 5.61. The summed E-state index contributed by atoms with van der Waals surface area (Å²) in [4.78, 5) is 25.1. The largest absolute Gasteiger partial charge is 0.493 e. The highest BCUT2D eigenvalue weighted by Crippen LogP contribution is 2.38. The number of hydrogen-bond donors (Lipinski definition) is 1. The van der Waals surface area contributed by atoms with Crippen LogP contribution >= 0.6 is 22.7 Å². The smallest absolute Gasteiger partial charge is 0.248 e. The number of aromatic nitrogens is 3. The molecule has 0 fully saturated rings. The molecular formula is C19H16N4O3S2. The van der Waals surface area contributed by atoms with Gasteiger partial charge in [0.15, 0.2) is 0 Å². The number of carbonyl (C=O) groups excluding carboxylic acids is 1. The lowest BCUT2D eigenvalue weighted by Crippen LogP contribution is -2.11. The summed E-state index contributed by atoms with van der Waals surface area (Å²) in [5.74, 6) is 0.671.